The molecule has 0 bridgehead atoms. The van der Waals surface area contributed by atoms with Crippen molar-refractivity contribution in [3.8, 4) is 5.75 Å². The monoisotopic (exact) mass is 289 g/mol. The van der Waals surface area contributed by atoms with Gasteiger partial charge < -0.3 is 20.1 Å². The Hall–Kier alpha value is -2.34. The predicted molar refractivity (Wildman–Crippen MR) is 78.3 cm³/mol. The van der Waals surface area contributed by atoms with Crippen LogP contribution in [0.4, 0.5) is 0 Å². The lowest BCUT2D eigenvalue weighted by Crippen LogP contribution is -2.32. The molecule has 1 atom stereocenters. The molecule has 6 heteroatoms. The lowest BCUT2D eigenvalue weighted by molar-refractivity contribution is -0.138. The Morgan fingerprint density at radius 1 is 1.52 bits per heavy atom. The molecule has 1 aromatic carbocycles. The van der Waals surface area contributed by atoms with Gasteiger partial charge in [-0.25, -0.2) is 4.98 Å². The zero-order valence-corrected chi connectivity index (χ0v) is 11.9. The topological polar surface area (TPSA) is 90.4 Å². The number of rotatable bonds is 7. The van der Waals surface area contributed by atoms with Crippen molar-refractivity contribution < 1.29 is 14.6 Å². The minimum atomic E-state index is -1.000. The number of carboxylic acids is 1. The van der Waals surface area contributed by atoms with Crippen LogP contribution in [-0.2, 0) is 17.8 Å². The third kappa shape index (κ3) is 4.06. The average Bonchev–Trinajstić information content (AvgIpc) is 2.94. The Morgan fingerprint density at radius 3 is 2.95 bits per heavy atom. The smallest absolute Gasteiger partial charge is 0.320 e. The maximum Gasteiger partial charge on any atom is 0.320 e. The molecule has 1 unspecified atom stereocenters. The largest absolute Gasteiger partial charge is 0.494 e. The lowest BCUT2D eigenvalue weighted by atomic mass is 10.0. The maximum atomic E-state index is 10.9. The number of hydrogen-bond donors (Lipinski definition) is 2. The van der Waals surface area contributed by atoms with Crippen molar-refractivity contribution in [3.63, 3.8) is 0 Å². The number of aliphatic carboxylic acids is 1. The van der Waals surface area contributed by atoms with Crippen molar-refractivity contribution in [2.75, 3.05) is 6.61 Å². The molecule has 6 nitrogen and oxygen atoms in total. The van der Waals surface area contributed by atoms with E-state index in [2.05, 4.69) is 4.98 Å². The second-order valence-electron chi connectivity index (χ2n) is 4.76. The van der Waals surface area contributed by atoms with Crippen LogP contribution in [0.25, 0.3) is 0 Å². The molecule has 0 amide bonds. The average molecular weight is 289 g/mol. The summed E-state index contributed by atoms with van der Waals surface area (Å²) in [5.41, 5.74) is 7.44. The van der Waals surface area contributed by atoms with Gasteiger partial charge in [0.25, 0.3) is 0 Å². The SMILES string of the molecule is CCOc1ccc(CC(N)C(=O)O)cc1Cn1ccnc1. The number of nitrogens with two attached hydrogens (primary N) is 1. The molecular formula is C15H19N3O3. The van der Waals surface area contributed by atoms with Gasteiger partial charge in [-0.1, -0.05) is 12.1 Å². The molecule has 1 aromatic heterocycles. The van der Waals surface area contributed by atoms with Crippen LogP contribution in [0.2, 0.25) is 0 Å². The van der Waals surface area contributed by atoms with E-state index in [1.807, 2.05) is 35.9 Å². The highest BCUT2D eigenvalue weighted by atomic mass is 16.5. The van der Waals surface area contributed by atoms with Gasteiger partial charge in [0.15, 0.2) is 0 Å². The summed E-state index contributed by atoms with van der Waals surface area (Å²) >= 11 is 0. The molecule has 1 heterocycles. The summed E-state index contributed by atoms with van der Waals surface area (Å²) in [6, 6.07) is 4.75. The van der Waals surface area contributed by atoms with E-state index in [0.29, 0.717) is 19.6 Å². The Balaban J connectivity index is 2.23. The maximum absolute atomic E-state index is 10.9. The quantitative estimate of drug-likeness (QED) is 0.801. The number of benzene rings is 1. The van der Waals surface area contributed by atoms with Crippen LogP contribution >= 0.6 is 0 Å². The molecular weight excluding hydrogens is 270 g/mol. The van der Waals surface area contributed by atoms with Gasteiger partial charge in [-0.2, -0.15) is 0 Å². The molecule has 112 valence electrons. The van der Waals surface area contributed by atoms with E-state index in [4.69, 9.17) is 15.6 Å². The minimum Gasteiger partial charge on any atom is -0.494 e. The molecule has 0 aliphatic carbocycles. The summed E-state index contributed by atoms with van der Waals surface area (Å²) < 4.78 is 7.54. The van der Waals surface area contributed by atoms with E-state index >= 15 is 0 Å². The van der Waals surface area contributed by atoms with Gasteiger partial charge in [-0.3, -0.25) is 4.79 Å². The van der Waals surface area contributed by atoms with Crippen LogP contribution in [0, 0.1) is 0 Å². The summed E-state index contributed by atoms with van der Waals surface area (Å²) in [6.07, 6.45) is 5.60. The third-order valence-electron chi connectivity index (χ3n) is 3.11. The predicted octanol–water partition coefficient (Wildman–Crippen LogP) is 1.28. The minimum absolute atomic E-state index is 0.290. The van der Waals surface area contributed by atoms with Gasteiger partial charge >= 0.3 is 5.97 Å². The van der Waals surface area contributed by atoms with Crippen molar-refractivity contribution in [1.29, 1.82) is 0 Å². The first-order valence-electron chi connectivity index (χ1n) is 6.79. The van der Waals surface area contributed by atoms with Crippen LogP contribution < -0.4 is 10.5 Å². The number of carboxylic acid groups (broad SMARTS) is 1. The van der Waals surface area contributed by atoms with E-state index in [1.54, 1.807) is 12.5 Å². The number of nitrogens with zero attached hydrogens (tertiary/aromatic N) is 2. The van der Waals surface area contributed by atoms with Gasteiger partial charge in [0, 0.05) is 18.0 Å². The van der Waals surface area contributed by atoms with E-state index in [9.17, 15) is 4.79 Å². The van der Waals surface area contributed by atoms with Crippen LogP contribution in [0.3, 0.4) is 0 Å². The van der Waals surface area contributed by atoms with Crippen molar-refractivity contribution in [2.45, 2.75) is 25.9 Å². The second kappa shape index (κ2) is 6.90. The molecule has 0 fully saturated rings. The number of aromatic nitrogens is 2. The Kier molecular flexibility index (Phi) is 4.94. The van der Waals surface area contributed by atoms with Crippen molar-refractivity contribution >= 4 is 5.97 Å². The molecule has 0 spiro atoms. The first-order valence-corrected chi connectivity index (χ1v) is 6.79. The zero-order chi connectivity index (χ0) is 15.2. The van der Waals surface area contributed by atoms with Crippen LogP contribution in [0.1, 0.15) is 18.1 Å². The van der Waals surface area contributed by atoms with Gasteiger partial charge in [0.1, 0.15) is 11.8 Å². The summed E-state index contributed by atoms with van der Waals surface area (Å²) in [7, 11) is 0. The molecule has 3 N–H and O–H groups in total. The number of carbonyl (C=O) groups is 1. The lowest BCUT2D eigenvalue weighted by Gasteiger charge is -2.14. The van der Waals surface area contributed by atoms with Crippen LogP contribution in [0.15, 0.2) is 36.9 Å². The molecule has 0 aliphatic rings. The standard InChI is InChI=1S/C15H19N3O3/c1-2-21-14-4-3-11(8-13(16)15(19)20)7-12(14)9-18-6-5-17-10-18/h3-7,10,13H,2,8-9,16H2,1H3,(H,19,20). The fourth-order valence-electron chi connectivity index (χ4n) is 2.10. The molecule has 2 rings (SSSR count). The Morgan fingerprint density at radius 2 is 2.33 bits per heavy atom. The van der Waals surface area contributed by atoms with Crippen LogP contribution in [-0.4, -0.2) is 33.3 Å². The van der Waals surface area contributed by atoms with Gasteiger partial charge in [-0.15, -0.1) is 0 Å². The first-order chi connectivity index (χ1) is 10.1. The molecule has 0 aliphatic heterocycles. The number of ether oxygens (including phenoxy) is 1. The Labute approximate surface area is 123 Å². The van der Waals surface area contributed by atoms with Crippen molar-refractivity contribution in [1.82, 2.24) is 9.55 Å². The van der Waals surface area contributed by atoms with Crippen molar-refractivity contribution in [2.24, 2.45) is 5.73 Å². The van der Waals surface area contributed by atoms with E-state index in [-0.39, 0.29) is 0 Å². The van der Waals surface area contributed by atoms with Gasteiger partial charge in [0.05, 0.1) is 19.5 Å². The highest BCUT2D eigenvalue weighted by Crippen LogP contribution is 2.22. The molecule has 0 saturated carbocycles. The fourth-order valence-corrected chi connectivity index (χ4v) is 2.10. The molecule has 0 saturated heterocycles. The summed E-state index contributed by atoms with van der Waals surface area (Å²) in [5, 5.41) is 8.90. The van der Waals surface area contributed by atoms with Gasteiger partial charge in [0.2, 0.25) is 0 Å². The van der Waals surface area contributed by atoms with Gasteiger partial charge in [-0.05, 0) is 25.0 Å². The molecule has 21 heavy (non-hydrogen) atoms. The summed E-state index contributed by atoms with van der Waals surface area (Å²) in [5.74, 6) is -0.209. The Bertz CT molecular complexity index is 596. The highest BCUT2D eigenvalue weighted by Gasteiger charge is 2.14. The van der Waals surface area contributed by atoms with Crippen LogP contribution in [0.5, 0.6) is 5.75 Å². The fraction of sp³-hybridized carbons (Fsp3) is 0.333. The number of hydrogen-bond acceptors (Lipinski definition) is 4. The molecule has 0 radical (unpaired) electrons. The van der Waals surface area contributed by atoms with E-state index in [0.717, 1.165) is 16.9 Å². The highest BCUT2D eigenvalue weighted by molar-refractivity contribution is 5.73. The second-order valence-corrected chi connectivity index (χ2v) is 4.76. The normalized spacial score (nSPS) is 12.1. The molecule has 2 aromatic rings. The summed E-state index contributed by atoms with van der Waals surface area (Å²) in [4.78, 5) is 14.9. The summed E-state index contributed by atoms with van der Waals surface area (Å²) in [6.45, 7) is 3.12. The third-order valence-corrected chi connectivity index (χ3v) is 3.11. The van der Waals surface area contributed by atoms with Crippen molar-refractivity contribution in [3.05, 3.63) is 48.0 Å². The zero-order valence-electron chi connectivity index (χ0n) is 11.9. The van der Waals surface area contributed by atoms with E-state index < -0.39 is 12.0 Å². The first kappa shape index (κ1) is 15.1. The number of imidazole rings is 1. The van der Waals surface area contributed by atoms with E-state index in [1.165, 1.54) is 0 Å².